The summed E-state index contributed by atoms with van der Waals surface area (Å²) in [5, 5.41) is 3.81. The number of fused-ring (bicyclic) bond motifs is 1. The Bertz CT molecular complexity index is 712. The van der Waals surface area contributed by atoms with E-state index >= 15 is 0 Å². The number of amides is 1. The zero-order chi connectivity index (χ0) is 15.7. The first-order valence-corrected chi connectivity index (χ1v) is 7.66. The fourth-order valence-electron chi connectivity index (χ4n) is 2.16. The lowest BCUT2D eigenvalue weighted by molar-refractivity contribution is 0.103. The second kappa shape index (κ2) is 5.94. The average molecular weight is 319 g/mol. The summed E-state index contributed by atoms with van der Waals surface area (Å²) >= 11 is 1.42. The van der Waals surface area contributed by atoms with E-state index in [2.05, 4.69) is 10.3 Å². The second-order valence-electron chi connectivity index (χ2n) is 5.28. The minimum Gasteiger partial charge on any atom is -0.454 e. The molecule has 0 unspecified atom stereocenters. The van der Waals surface area contributed by atoms with Gasteiger partial charge in [0.1, 0.15) is 9.88 Å². The quantitative estimate of drug-likeness (QED) is 0.938. The fourth-order valence-corrected chi connectivity index (χ4v) is 3.24. The van der Waals surface area contributed by atoms with Crippen molar-refractivity contribution in [3.8, 4) is 11.5 Å². The van der Waals surface area contributed by atoms with Crippen LogP contribution in [-0.4, -0.2) is 36.7 Å². The van der Waals surface area contributed by atoms with Gasteiger partial charge in [0.2, 0.25) is 6.79 Å². The molecule has 1 aliphatic heterocycles. The van der Waals surface area contributed by atoms with Gasteiger partial charge in [-0.1, -0.05) is 0 Å². The molecule has 2 heterocycles. The Kier molecular flexibility index (Phi) is 4.00. The van der Waals surface area contributed by atoms with Crippen LogP contribution in [0.15, 0.2) is 18.2 Å². The van der Waals surface area contributed by atoms with Crippen molar-refractivity contribution in [1.29, 1.82) is 0 Å². The maximum absolute atomic E-state index is 12.4. The van der Waals surface area contributed by atoms with E-state index in [1.165, 1.54) is 11.3 Å². The number of nitrogens with one attached hydrogen (secondary N) is 1. The highest BCUT2D eigenvalue weighted by atomic mass is 32.1. The van der Waals surface area contributed by atoms with Gasteiger partial charge in [0.25, 0.3) is 5.91 Å². The number of aryl methyl sites for hydroxylation is 1. The Balaban J connectivity index is 1.75. The Hall–Kier alpha value is -2.12. The zero-order valence-electron chi connectivity index (χ0n) is 12.7. The molecule has 1 amide bonds. The van der Waals surface area contributed by atoms with Crippen molar-refractivity contribution in [3.05, 3.63) is 33.8 Å². The average Bonchev–Trinajstić information content (AvgIpc) is 3.04. The molecule has 116 valence electrons. The number of carbonyl (C=O) groups is 1. The predicted molar refractivity (Wildman–Crippen MR) is 84.8 cm³/mol. The number of anilines is 1. The second-order valence-corrected chi connectivity index (χ2v) is 6.37. The van der Waals surface area contributed by atoms with Crippen LogP contribution in [0.3, 0.4) is 0 Å². The highest BCUT2D eigenvalue weighted by molar-refractivity contribution is 7.13. The molecule has 1 aromatic heterocycles. The van der Waals surface area contributed by atoms with Gasteiger partial charge in [-0.2, -0.15) is 0 Å². The number of hydrogen-bond donors (Lipinski definition) is 1. The summed E-state index contributed by atoms with van der Waals surface area (Å²) in [6.07, 6.45) is 0. The van der Waals surface area contributed by atoms with Gasteiger partial charge in [-0.15, -0.1) is 11.3 Å². The number of thiazole rings is 1. The van der Waals surface area contributed by atoms with Crippen LogP contribution >= 0.6 is 11.3 Å². The Labute approximate surface area is 132 Å². The molecule has 1 aliphatic rings. The van der Waals surface area contributed by atoms with Crippen LogP contribution in [0, 0.1) is 6.92 Å². The summed E-state index contributed by atoms with van der Waals surface area (Å²) < 4.78 is 10.6. The van der Waals surface area contributed by atoms with E-state index in [-0.39, 0.29) is 12.7 Å². The largest absolute Gasteiger partial charge is 0.454 e. The number of rotatable bonds is 4. The van der Waals surface area contributed by atoms with Crippen molar-refractivity contribution < 1.29 is 14.3 Å². The molecule has 22 heavy (non-hydrogen) atoms. The lowest BCUT2D eigenvalue weighted by atomic mass is 10.2. The molecular formula is C15H17N3O3S. The molecule has 3 rings (SSSR count). The van der Waals surface area contributed by atoms with Gasteiger partial charge in [0.15, 0.2) is 11.5 Å². The van der Waals surface area contributed by atoms with Gasteiger partial charge >= 0.3 is 0 Å². The van der Waals surface area contributed by atoms with E-state index in [0.717, 1.165) is 17.2 Å². The summed E-state index contributed by atoms with van der Waals surface area (Å²) in [5.74, 6) is 1.19. The number of aromatic nitrogens is 1. The summed E-state index contributed by atoms with van der Waals surface area (Å²) in [7, 11) is 3.95. The zero-order valence-corrected chi connectivity index (χ0v) is 13.5. The molecule has 0 bridgehead atoms. The van der Waals surface area contributed by atoms with Crippen molar-refractivity contribution >= 4 is 22.9 Å². The molecule has 0 saturated carbocycles. The molecule has 0 atom stereocenters. The van der Waals surface area contributed by atoms with E-state index in [9.17, 15) is 4.79 Å². The molecule has 0 spiro atoms. The third kappa shape index (κ3) is 3.05. The maximum Gasteiger partial charge on any atom is 0.267 e. The SMILES string of the molecule is Cc1nc(CN(C)C)sc1C(=O)Nc1ccc2c(c1)OCO2. The topological polar surface area (TPSA) is 63.7 Å². The molecule has 2 aromatic rings. The molecule has 0 radical (unpaired) electrons. The highest BCUT2D eigenvalue weighted by Crippen LogP contribution is 2.34. The van der Waals surface area contributed by atoms with Crippen molar-refractivity contribution in [1.82, 2.24) is 9.88 Å². The van der Waals surface area contributed by atoms with Crippen LogP contribution in [0.2, 0.25) is 0 Å². The van der Waals surface area contributed by atoms with E-state index < -0.39 is 0 Å². The first kappa shape index (κ1) is 14.8. The standard InChI is InChI=1S/C15H17N3O3S/c1-9-14(22-13(16-9)7-18(2)3)15(19)17-10-4-5-11-12(6-10)21-8-20-11/h4-6H,7-8H2,1-3H3,(H,17,19). The van der Waals surface area contributed by atoms with Crippen LogP contribution in [-0.2, 0) is 6.54 Å². The minimum absolute atomic E-state index is 0.154. The highest BCUT2D eigenvalue weighted by Gasteiger charge is 2.18. The molecular weight excluding hydrogens is 302 g/mol. The Morgan fingerprint density at radius 2 is 2.14 bits per heavy atom. The summed E-state index contributed by atoms with van der Waals surface area (Å²) in [6, 6.07) is 5.34. The van der Waals surface area contributed by atoms with E-state index in [0.29, 0.717) is 22.1 Å². The van der Waals surface area contributed by atoms with Gasteiger partial charge in [-0.05, 0) is 33.2 Å². The third-order valence-electron chi connectivity index (χ3n) is 3.13. The molecule has 1 N–H and O–H groups in total. The lowest BCUT2D eigenvalue weighted by Crippen LogP contribution is -2.11. The monoisotopic (exact) mass is 319 g/mol. The molecule has 0 fully saturated rings. The number of carbonyl (C=O) groups excluding carboxylic acids is 1. The van der Waals surface area contributed by atoms with Gasteiger partial charge in [0, 0.05) is 18.3 Å². The Morgan fingerprint density at radius 3 is 2.91 bits per heavy atom. The van der Waals surface area contributed by atoms with Gasteiger partial charge in [-0.25, -0.2) is 4.98 Å². The first-order chi connectivity index (χ1) is 10.5. The normalized spacial score (nSPS) is 12.7. The molecule has 0 aliphatic carbocycles. The fraction of sp³-hybridized carbons (Fsp3) is 0.333. The van der Waals surface area contributed by atoms with Crippen LogP contribution in [0.5, 0.6) is 11.5 Å². The van der Waals surface area contributed by atoms with Gasteiger partial charge in [-0.3, -0.25) is 4.79 Å². The van der Waals surface area contributed by atoms with Crippen LogP contribution in [0.1, 0.15) is 20.4 Å². The van der Waals surface area contributed by atoms with Gasteiger partial charge in [0.05, 0.1) is 5.69 Å². The van der Waals surface area contributed by atoms with Gasteiger partial charge < -0.3 is 19.7 Å². The molecule has 6 nitrogen and oxygen atoms in total. The lowest BCUT2D eigenvalue weighted by Gasteiger charge is -2.05. The summed E-state index contributed by atoms with van der Waals surface area (Å²) in [4.78, 5) is 19.5. The molecule has 7 heteroatoms. The van der Waals surface area contributed by atoms with Crippen molar-refractivity contribution in [2.45, 2.75) is 13.5 Å². The Morgan fingerprint density at radius 1 is 1.36 bits per heavy atom. The van der Waals surface area contributed by atoms with Crippen molar-refractivity contribution in [2.75, 3.05) is 26.2 Å². The molecule has 0 saturated heterocycles. The van der Waals surface area contributed by atoms with Crippen LogP contribution < -0.4 is 14.8 Å². The van der Waals surface area contributed by atoms with Crippen LogP contribution in [0.25, 0.3) is 0 Å². The number of ether oxygens (including phenoxy) is 2. The molecule has 1 aromatic carbocycles. The van der Waals surface area contributed by atoms with E-state index in [4.69, 9.17) is 9.47 Å². The van der Waals surface area contributed by atoms with Crippen molar-refractivity contribution in [2.24, 2.45) is 0 Å². The number of benzene rings is 1. The number of nitrogens with zero attached hydrogens (tertiary/aromatic N) is 2. The third-order valence-corrected chi connectivity index (χ3v) is 4.27. The van der Waals surface area contributed by atoms with E-state index in [1.54, 1.807) is 18.2 Å². The van der Waals surface area contributed by atoms with Crippen molar-refractivity contribution in [3.63, 3.8) is 0 Å². The predicted octanol–water partition coefficient (Wildman–Crippen LogP) is 2.49. The number of hydrogen-bond acceptors (Lipinski definition) is 6. The van der Waals surface area contributed by atoms with Crippen LogP contribution in [0.4, 0.5) is 5.69 Å². The minimum atomic E-state index is -0.154. The summed E-state index contributed by atoms with van der Waals surface area (Å²) in [6.45, 7) is 2.79. The maximum atomic E-state index is 12.4. The first-order valence-electron chi connectivity index (χ1n) is 6.85. The smallest absolute Gasteiger partial charge is 0.267 e. The summed E-state index contributed by atoms with van der Waals surface area (Å²) in [5.41, 5.74) is 1.43. The van der Waals surface area contributed by atoms with E-state index in [1.807, 2.05) is 25.9 Å².